The summed E-state index contributed by atoms with van der Waals surface area (Å²) < 4.78 is 39.4. The van der Waals surface area contributed by atoms with Crippen molar-refractivity contribution in [1.29, 1.82) is 0 Å². The molecule has 0 saturated carbocycles. The number of hydrogen-bond acceptors (Lipinski definition) is 5. The third kappa shape index (κ3) is 4.14. The fourth-order valence-electron chi connectivity index (χ4n) is 3.01. The van der Waals surface area contributed by atoms with Gasteiger partial charge in [0.25, 0.3) is 0 Å². The monoisotopic (exact) mass is 455 g/mol. The molecule has 0 fully saturated rings. The van der Waals surface area contributed by atoms with E-state index in [4.69, 9.17) is 10.6 Å². The Balaban J connectivity index is 1.96. The maximum atomic E-state index is 12.8. The van der Waals surface area contributed by atoms with Crippen molar-refractivity contribution in [3.05, 3.63) is 64.1 Å². The summed E-state index contributed by atoms with van der Waals surface area (Å²) in [6, 6.07) is 14.0. The molecule has 0 bridgehead atoms. The number of para-hydroxylation sites is 1. The van der Waals surface area contributed by atoms with Gasteiger partial charge in [0.2, 0.25) is 0 Å². The Morgan fingerprint density at radius 2 is 1.96 bits per heavy atom. The lowest BCUT2D eigenvalue weighted by Crippen LogP contribution is -2.52. The number of halogens is 4. The predicted octanol–water partition coefficient (Wildman–Crippen LogP) is 4.34. The number of amidine groups is 1. The summed E-state index contributed by atoms with van der Waals surface area (Å²) in [5.74, 6) is -2.14. The summed E-state index contributed by atoms with van der Waals surface area (Å²) in [5, 5.41) is 0.909. The van der Waals surface area contributed by atoms with Crippen LogP contribution in [0, 0.1) is 0 Å². The van der Waals surface area contributed by atoms with E-state index < -0.39 is 17.8 Å². The largest absolute Gasteiger partial charge is 0.493 e. The van der Waals surface area contributed by atoms with Crippen LogP contribution in [0.25, 0.3) is 0 Å². The molecule has 2 aromatic carbocycles. The highest BCUT2D eigenvalue weighted by molar-refractivity contribution is 9.10. The second-order valence-corrected chi connectivity index (χ2v) is 7.45. The van der Waals surface area contributed by atoms with Gasteiger partial charge in [-0.1, -0.05) is 40.2 Å². The number of alkyl halides is 3. The number of rotatable bonds is 4. The van der Waals surface area contributed by atoms with Gasteiger partial charge >= 0.3 is 12.1 Å². The van der Waals surface area contributed by atoms with E-state index in [2.05, 4.69) is 20.9 Å². The number of anilines is 1. The lowest BCUT2D eigenvalue weighted by molar-refractivity contribution is -0.203. The predicted molar refractivity (Wildman–Crippen MR) is 103 cm³/mol. The van der Waals surface area contributed by atoms with Gasteiger partial charge in [-0.2, -0.15) is 18.2 Å². The first kappa shape index (κ1) is 20.2. The van der Waals surface area contributed by atoms with Gasteiger partial charge < -0.3 is 10.6 Å². The highest BCUT2D eigenvalue weighted by atomic mass is 79.9. The van der Waals surface area contributed by atoms with Crippen molar-refractivity contribution in [3.63, 3.8) is 0 Å². The number of benzene rings is 2. The number of aryl methyl sites for hydroxylation is 1. The Morgan fingerprint density at radius 3 is 2.64 bits per heavy atom. The van der Waals surface area contributed by atoms with E-state index in [1.807, 2.05) is 24.3 Å². The average molecular weight is 456 g/mol. The molecule has 1 aliphatic rings. The van der Waals surface area contributed by atoms with Crippen molar-refractivity contribution in [2.75, 3.05) is 5.06 Å². The molecular weight excluding hydrogens is 439 g/mol. The zero-order chi connectivity index (χ0) is 20.5. The number of hydroxylamine groups is 1. The molecule has 2 N–H and O–H groups in total. The van der Waals surface area contributed by atoms with Gasteiger partial charge in [0.05, 0.1) is 5.69 Å². The van der Waals surface area contributed by atoms with Crippen molar-refractivity contribution in [2.24, 2.45) is 10.7 Å². The van der Waals surface area contributed by atoms with Gasteiger partial charge in [-0.3, -0.25) is 0 Å². The number of hydrogen-bond donors (Lipinski definition) is 1. The van der Waals surface area contributed by atoms with E-state index in [9.17, 15) is 18.0 Å². The van der Waals surface area contributed by atoms with Crippen LogP contribution in [0.1, 0.15) is 24.5 Å². The Kier molecular flexibility index (Phi) is 5.38. The average Bonchev–Trinajstić information content (AvgIpc) is 2.63. The standard InChI is InChI=1S/C19H17BrF3N3O2/c1-18(10-9-12-5-4-6-13(20)11-12)25-16(24)14-7-2-3-8-15(14)26(18)28-17(27)19(21,22)23/h2-8,11H,9-10H2,1H3,(H2,24,25). The molecule has 1 aliphatic heterocycles. The van der Waals surface area contributed by atoms with E-state index in [-0.39, 0.29) is 17.9 Å². The molecule has 2 aromatic rings. The summed E-state index contributed by atoms with van der Waals surface area (Å²) in [7, 11) is 0. The second kappa shape index (κ2) is 7.46. The lowest BCUT2D eigenvalue weighted by Gasteiger charge is -2.41. The summed E-state index contributed by atoms with van der Waals surface area (Å²) in [4.78, 5) is 20.7. The molecule has 0 amide bonds. The highest BCUT2D eigenvalue weighted by Gasteiger charge is 2.47. The van der Waals surface area contributed by atoms with Gasteiger partial charge in [0.15, 0.2) is 5.66 Å². The SMILES string of the molecule is CC1(CCc2cccc(Br)c2)N=C(N)c2ccccc2N1OC(=O)C(F)(F)F. The molecule has 0 aromatic heterocycles. The first-order chi connectivity index (χ1) is 13.1. The molecule has 1 heterocycles. The van der Waals surface area contributed by atoms with Crippen LogP contribution in [0.4, 0.5) is 18.9 Å². The van der Waals surface area contributed by atoms with E-state index in [1.165, 1.54) is 6.07 Å². The van der Waals surface area contributed by atoms with Crippen LogP contribution < -0.4 is 10.8 Å². The molecule has 0 saturated heterocycles. The number of nitrogens with two attached hydrogens (primary N) is 1. The third-order valence-corrected chi connectivity index (χ3v) is 4.87. The molecule has 0 aliphatic carbocycles. The quantitative estimate of drug-likeness (QED) is 0.744. The van der Waals surface area contributed by atoms with Crippen LogP contribution in [0.2, 0.25) is 0 Å². The maximum Gasteiger partial charge on any atom is 0.493 e. The van der Waals surface area contributed by atoms with Crippen LogP contribution in [0.15, 0.2) is 58.0 Å². The molecule has 28 heavy (non-hydrogen) atoms. The number of nitrogens with zero attached hydrogens (tertiary/aromatic N) is 2. The van der Waals surface area contributed by atoms with Gasteiger partial charge in [-0.15, -0.1) is 0 Å². The van der Waals surface area contributed by atoms with Gasteiger partial charge in [-0.05, 0) is 49.6 Å². The van der Waals surface area contributed by atoms with Crippen LogP contribution in [-0.4, -0.2) is 23.6 Å². The second-order valence-electron chi connectivity index (χ2n) is 6.53. The molecule has 1 unspecified atom stereocenters. The first-order valence-corrected chi connectivity index (χ1v) is 9.18. The zero-order valence-electron chi connectivity index (χ0n) is 14.8. The minimum Gasteiger partial charge on any atom is -0.383 e. The Hall–Kier alpha value is -2.55. The van der Waals surface area contributed by atoms with E-state index in [0.29, 0.717) is 12.0 Å². The molecular formula is C19H17BrF3N3O2. The highest BCUT2D eigenvalue weighted by Crippen LogP contribution is 2.37. The third-order valence-electron chi connectivity index (χ3n) is 4.38. The smallest absolute Gasteiger partial charge is 0.383 e. The van der Waals surface area contributed by atoms with Crippen molar-refractivity contribution in [1.82, 2.24) is 0 Å². The van der Waals surface area contributed by atoms with Crippen LogP contribution in [0.5, 0.6) is 0 Å². The minimum absolute atomic E-state index is 0.173. The molecule has 148 valence electrons. The van der Waals surface area contributed by atoms with Gasteiger partial charge in [0, 0.05) is 10.0 Å². The lowest BCUT2D eigenvalue weighted by atomic mass is 9.97. The maximum absolute atomic E-state index is 12.8. The number of carbonyl (C=O) groups is 1. The molecule has 0 spiro atoms. The first-order valence-electron chi connectivity index (χ1n) is 8.39. The number of aliphatic imine (C=N–C) groups is 1. The summed E-state index contributed by atoms with van der Waals surface area (Å²) in [6.07, 6.45) is -4.38. The summed E-state index contributed by atoms with van der Waals surface area (Å²) in [6.45, 7) is 1.58. The van der Waals surface area contributed by atoms with Crippen molar-refractivity contribution >= 4 is 33.4 Å². The van der Waals surface area contributed by atoms with Crippen molar-refractivity contribution in [3.8, 4) is 0 Å². The zero-order valence-corrected chi connectivity index (χ0v) is 16.4. The Labute approximate surface area is 168 Å². The van der Waals surface area contributed by atoms with Crippen LogP contribution >= 0.6 is 15.9 Å². The van der Waals surface area contributed by atoms with E-state index in [0.717, 1.165) is 15.1 Å². The Bertz CT molecular complexity index is 933. The van der Waals surface area contributed by atoms with E-state index >= 15 is 0 Å². The molecule has 3 rings (SSSR count). The van der Waals surface area contributed by atoms with Gasteiger partial charge in [0.1, 0.15) is 5.84 Å². The fraction of sp³-hybridized carbons (Fsp3) is 0.263. The summed E-state index contributed by atoms with van der Waals surface area (Å²) in [5.41, 5.74) is 6.35. The van der Waals surface area contributed by atoms with Crippen LogP contribution in [0.3, 0.4) is 0 Å². The Morgan fingerprint density at radius 1 is 1.25 bits per heavy atom. The number of fused-ring (bicyclic) bond motifs is 1. The van der Waals surface area contributed by atoms with E-state index in [1.54, 1.807) is 25.1 Å². The normalized spacial score (nSPS) is 19.0. The van der Waals surface area contributed by atoms with Gasteiger partial charge in [-0.25, -0.2) is 9.79 Å². The topological polar surface area (TPSA) is 67.9 Å². The fourth-order valence-corrected chi connectivity index (χ4v) is 3.45. The summed E-state index contributed by atoms with van der Waals surface area (Å²) >= 11 is 3.39. The van der Waals surface area contributed by atoms with Crippen LogP contribution in [-0.2, 0) is 16.1 Å². The molecule has 0 radical (unpaired) electrons. The molecule has 5 nitrogen and oxygen atoms in total. The van der Waals surface area contributed by atoms with Crippen molar-refractivity contribution in [2.45, 2.75) is 31.6 Å². The minimum atomic E-state index is -5.13. The van der Waals surface area contributed by atoms with Crippen molar-refractivity contribution < 1.29 is 22.8 Å². The molecule has 1 atom stereocenters. The number of carbonyl (C=O) groups excluding carboxylic acids is 1. The molecule has 9 heteroatoms.